The third kappa shape index (κ3) is 6.55. The number of benzene rings is 1. The predicted octanol–water partition coefficient (Wildman–Crippen LogP) is 0.964. The van der Waals surface area contributed by atoms with E-state index in [4.69, 9.17) is 21.1 Å². The summed E-state index contributed by atoms with van der Waals surface area (Å²) in [5.41, 5.74) is 5.86. The Morgan fingerprint density at radius 3 is 1.82 bits per heavy atom. The van der Waals surface area contributed by atoms with E-state index >= 15 is 0 Å². The van der Waals surface area contributed by atoms with Crippen LogP contribution in [0.15, 0.2) is 24.3 Å². The van der Waals surface area contributed by atoms with Crippen molar-refractivity contribution in [1.29, 1.82) is 0 Å². The molecule has 0 spiro atoms. The molecule has 0 aliphatic rings. The van der Waals surface area contributed by atoms with Crippen molar-refractivity contribution in [3.8, 4) is 0 Å². The van der Waals surface area contributed by atoms with Crippen molar-refractivity contribution in [3.05, 3.63) is 29.8 Å². The van der Waals surface area contributed by atoms with Crippen LogP contribution in [0.5, 0.6) is 0 Å². The van der Waals surface area contributed by atoms with Gasteiger partial charge in [0.05, 0.1) is 18.8 Å². The molecule has 17 heavy (non-hydrogen) atoms. The van der Waals surface area contributed by atoms with Crippen molar-refractivity contribution in [3.63, 3.8) is 0 Å². The molecular formula is C12H19NO4. The Balaban J connectivity index is 0.000000325. The van der Waals surface area contributed by atoms with Crippen LogP contribution in [0.2, 0.25) is 0 Å². The van der Waals surface area contributed by atoms with Crippen LogP contribution in [-0.2, 0) is 0 Å². The molecule has 0 saturated heterocycles. The summed E-state index contributed by atoms with van der Waals surface area (Å²) in [6, 6.07) is 6.06. The van der Waals surface area contributed by atoms with Crippen molar-refractivity contribution >= 4 is 11.7 Å². The lowest BCUT2D eigenvalue weighted by Gasteiger charge is -2.16. The van der Waals surface area contributed by atoms with Gasteiger partial charge in [-0.05, 0) is 24.3 Å². The first-order valence-electron chi connectivity index (χ1n) is 5.13. The van der Waals surface area contributed by atoms with E-state index in [1.54, 1.807) is 26.0 Å². The first kappa shape index (κ1) is 15.4. The van der Waals surface area contributed by atoms with E-state index in [1.807, 2.05) is 0 Å². The molecule has 0 aromatic heterocycles. The number of nitrogen functional groups attached to an aromatic ring is 1. The van der Waals surface area contributed by atoms with Gasteiger partial charge in [0, 0.05) is 11.1 Å². The molecule has 0 heterocycles. The van der Waals surface area contributed by atoms with E-state index in [9.17, 15) is 4.79 Å². The van der Waals surface area contributed by atoms with E-state index in [1.165, 1.54) is 12.1 Å². The van der Waals surface area contributed by atoms with Crippen molar-refractivity contribution in [1.82, 2.24) is 0 Å². The van der Waals surface area contributed by atoms with Gasteiger partial charge in [0.15, 0.2) is 0 Å². The molecule has 0 bridgehead atoms. The van der Waals surface area contributed by atoms with Crippen LogP contribution >= 0.6 is 0 Å². The van der Waals surface area contributed by atoms with Crippen LogP contribution in [0, 0.1) is 5.41 Å². The van der Waals surface area contributed by atoms with Gasteiger partial charge >= 0.3 is 5.97 Å². The molecule has 0 saturated carbocycles. The summed E-state index contributed by atoms with van der Waals surface area (Å²) >= 11 is 0. The fraction of sp³-hybridized carbons (Fsp3) is 0.417. The highest BCUT2D eigenvalue weighted by Gasteiger charge is 2.13. The Morgan fingerprint density at radius 2 is 1.59 bits per heavy atom. The molecule has 5 heteroatoms. The van der Waals surface area contributed by atoms with Gasteiger partial charge in [-0.15, -0.1) is 0 Å². The van der Waals surface area contributed by atoms with Gasteiger partial charge in [-0.1, -0.05) is 13.8 Å². The summed E-state index contributed by atoms with van der Waals surface area (Å²) in [4.78, 5) is 10.3. The third-order valence-electron chi connectivity index (χ3n) is 2.01. The molecule has 0 amide bonds. The minimum absolute atomic E-state index is 0.0451. The zero-order valence-corrected chi connectivity index (χ0v) is 10.1. The number of aromatic carboxylic acids is 1. The molecule has 1 aromatic carbocycles. The number of carboxylic acid groups (broad SMARTS) is 1. The highest BCUT2D eigenvalue weighted by Crippen LogP contribution is 2.10. The molecule has 5 N–H and O–H groups in total. The maximum atomic E-state index is 10.3. The quantitative estimate of drug-likeness (QED) is 0.590. The highest BCUT2D eigenvalue weighted by atomic mass is 16.4. The number of hydrogen-bond donors (Lipinski definition) is 4. The SMILES string of the molecule is CC(C)(CO)CO.Nc1ccc(C(=O)O)cc1. The Hall–Kier alpha value is -1.59. The zero-order chi connectivity index (χ0) is 13.5. The van der Waals surface area contributed by atoms with Crippen LogP contribution in [0.3, 0.4) is 0 Å². The van der Waals surface area contributed by atoms with Crippen molar-refractivity contribution < 1.29 is 20.1 Å². The van der Waals surface area contributed by atoms with Crippen LogP contribution in [0.1, 0.15) is 24.2 Å². The number of carbonyl (C=O) groups is 1. The third-order valence-corrected chi connectivity index (χ3v) is 2.01. The first-order chi connectivity index (χ1) is 7.82. The average molecular weight is 241 g/mol. The maximum Gasteiger partial charge on any atom is 0.335 e. The molecule has 1 rings (SSSR count). The Labute approximate surface area is 101 Å². The normalized spacial score (nSPS) is 10.4. The lowest BCUT2D eigenvalue weighted by Crippen LogP contribution is -2.20. The largest absolute Gasteiger partial charge is 0.478 e. The molecule has 96 valence electrons. The minimum atomic E-state index is -0.931. The number of nitrogens with two attached hydrogens (primary N) is 1. The minimum Gasteiger partial charge on any atom is -0.478 e. The second kappa shape index (κ2) is 6.88. The van der Waals surface area contributed by atoms with E-state index in [2.05, 4.69) is 0 Å². The highest BCUT2D eigenvalue weighted by molar-refractivity contribution is 5.87. The zero-order valence-electron chi connectivity index (χ0n) is 10.1. The van der Waals surface area contributed by atoms with Crippen LogP contribution in [0.25, 0.3) is 0 Å². The summed E-state index contributed by atoms with van der Waals surface area (Å²) in [5, 5.41) is 25.3. The van der Waals surface area contributed by atoms with Gasteiger partial charge in [0.25, 0.3) is 0 Å². The van der Waals surface area contributed by atoms with Gasteiger partial charge in [0.2, 0.25) is 0 Å². The van der Waals surface area contributed by atoms with Gasteiger partial charge in [-0.25, -0.2) is 4.79 Å². The second-order valence-corrected chi connectivity index (χ2v) is 4.41. The molecule has 0 aliphatic heterocycles. The van der Waals surface area contributed by atoms with Crippen LogP contribution < -0.4 is 5.73 Å². The summed E-state index contributed by atoms with van der Waals surface area (Å²) in [5.74, 6) is -0.931. The van der Waals surface area contributed by atoms with Crippen LogP contribution in [-0.4, -0.2) is 34.5 Å². The van der Waals surface area contributed by atoms with Crippen molar-refractivity contribution in [2.75, 3.05) is 18.9 Å². The lowest BCUT2D eigenvalue weighted by atomic mass is 9.97. The Kier molecular flexibility index (Phi) is 6.23. The second-order valence-electron chi connectivity index (χ2n) is 4.41. The average Bonchev–Trinajstić information content (AvgIpc) is 2.30. The van der Waals surface area contributed by atoms with E-state index in [-0.39, 0.29) is 24.2 Å². The molecule has 1 aromatic rings. The number of carboxylic acids is 1. The van der Waals surface area contributed by atoms with Crippen molar-refractivity contribution in [2.24, 2.45) is 5.41 Å². The summed E-state index contributed by atoms with van der Waals surface area (Å²) in [7, 11) is 0. The number of hydrogen-bond acceptors (Lipinski definition) is 4. The maximum absolute atomic E-state index is 10.3. The standard InChI is InChI=1S/C7H7NO2.C5H12O2/c8-6-3-1-5(2-4-6)7(9)10;1-5(2,3-6)4-7/h1-4H,8H2,(H,9,10);6-7H,3-4H2,1-2H3. The summed E-state index contributed by atoms with van der Waals surface area (Å²) < 4.78 is 0. The van der Waals surface area contributed by atoms with E-state index in [0.29, 0.717) is 5.69 Å². The number of aliphatic hydroxyl groups is 2. The predicted molar refractivity (Wildman–Crippen MR) is 65.8 cm³/mol. The lowest BCUT2D eigenvalue weighted by molar-refractivity contribution is 0.0697. The topological polar surface area (TPSA) is 104 Å². The van der Waals surface area contributed by atoms with Gasteiger partial charge < -0.3 is 21.1 Å². The molecule has 0 fully saturated rings. The fourth-order valence-corrected chi connectivity index (χ4v) is 0.676. The summed E-state index contributed by atoms with van der Waals surface area (Å²) in [6.07, 6.45) is 0. The van der Waals surface area contributed by atoms with Crippen LogP contribution in [0.4, 0.5) is 5.69 Å². The smallest absolute Gasteiger partial charge is 0.335 e. The van der Waals surface area contributed by atoms with Crippen molar-refractivity contribution in [2.45, 2.75) is 13.8 Å². The first-order valence-corrected chi connectivity index (χ1v) is 5.13. The molecule has 0 aliphatic carbocycles. The molecular weight excluding hydrogens is 222 g/mol. The Morgan fingerprint density at radius 1 is 1.18 bits per heavy atom. The van der Waals surface area contributed by atoms with Gasteiger partial charge in [0.1, 0.15) is 0 Å². The Bertz CT molecular complexity index is 340. The molecule has 0 unspecified atom stereocenters. The fourth-order valence-electron chi connectivity index (χ4n) is 0.676. The molecule has 5 nitrogen and oxygen atoms in total. The van der Waals surface area contributed by atoms with E-state index < -0.39 is 5.97 Å². The van der Waals surface area contributed by atoms with Gasteiger partial charge in [-0.3, -0.25) is 0 Å². The monoisotopic (exact) mass is 241 g/mol. The molecule has 0 atom stereocenters. The number of aliphatic hydroxyl groups excluding tert-OH is 2. The summed E-state index contributed by atoms with van der Waals surface area (Å²) in [6.45, 7) is 3.69. The van der Waals surface area contributed by atoms with E-state index in [0.717, 1.165) is 0 Å². The molecule has 0 radical (unpaired) electrons. The number of anilines is 1. The number of rotatable bonds is 3. The van der Waals surface area contributed by atoms with Gasteiger partial charge in [-0.2, -0.15) is 0 Å².